The molecule has 0 bridgehead atoms. The van der Waals surface area contributed by atoms with Crippen LogP contribution < -0.4 is 10.2 Å². The number of hydrogen-bond donors (Lipinski definition) is 1. The molecule has 1 unspecified atom stereocenters. The topological polar surface area (TPSA) is 75.9 Å². The Balaban J connectivity index is 1.42. The molecular weight excluding hydrogens is 436 g/mol. The van der Waals surface area contributed by atoms with Crippen LogP contribution in [0.25, 0.3) is 16.9 Å². The Kier molecular flexibility index (Phi) is 6.04. The first-order chi connectivity index (χ1) is 16.2. The van der Waals surface area contributed by atoms with Crippen molar-refractivity contribution in [3.05, 3.63) is 89.8 Å². The summed E-state index contributed by atoms with van der Waals surface area (Å²) in [5, 5.41) is 8.58. The van der Waals surface area contributed by atoms with Crippen LogP contribution in [0.3, 0.4) is 0 Å². The summed E-state index contributed by atoms with van der Waals surface area (Å²) >= 11 is 6.08. The number of anilines is 1. The zero-order valence-electron chi connectivity index (χ0n) is 17.9. The molecule has 33 heavy (non-hydrogen) atoms. The van der Waals surface area contributed by atoms with Crippen molar-refractivity contribution in [2.45, 2.75) is 18.9 Å². The van der Waals surface area contributed by atoms with Gasteiger partial charge in [0.2, 0.25) is 5.95 Å². The summed E-state index contributed by atoms with van der Waals surface area (Å²) in [4.78, 5) is 24.2. The summed E-state index contributed by atoms with van der Waals surface area (Å²) in [6.07, 6.45) is 7.12. The number of para-hydroxylation sites is 1. The molecule has 0 radical (unpaired) electrons. The van der Waals surface area contributed by atoms with Gasteiger partial charge in [0.1, 0.15) is 5.69 Å². The van der Waals surface area contributed by atoms with Crippen LogP contribution in [-0.2, 0) is 0 Å². The maximum absolute atomic E-state index is 13.4. The van der Waals surface area contributed by atoms with Crippen LogP contribution >= 0.6 is 11.6 Å². The third kappa shape index (κ3) is 4.73. The van der Waals surface area contributed by atoms with Crippen LogP contribution in [0.15, 0.2) is 79.3 Å². The molecule has 1 aliphatic heterocycles. The first kappa shape index (κ1) is 21.2. The van der Waals surface area contributed by atoms with E-state index >= 15 is 0 Å². The molecule has 1 atom stereocenters. The van der Waals surface area contributed by atoms with Gasteiger partial charge in [-0.25, -0.2) is 14.6 Å². The monoisotopic (exact) mass is 458 g/mol. The van der Waals surface area contributed by atoms with Gasteiger partial charge in [0.15, 0.2) is 0 Å². The fourth-order valence-electron chi connectivity index (χ4n) is 4.07. The van der Waals surface area contributed by atoms with E-state index in [-0.39, 0.29) is 11.9 Å². The minimum absolute atomic E-state index is 0.00630. The summed E-state index contributed by atoms with van der Waals surface area (Å²) in [5.41, 5.74) is 2.86. The minimum atomic E-state index is -0.150. The number of halogens is 1. The lowest BCUT2D eigenvalue weighted by atomic mass is 10.0. The lowest BCUT2D eigenvalue weighted by Crippen LogP contribution is -2.48. The van der Waals surface area contributed by atoms with Gasteiger partial charge in [0.05, 0.1) is 11.3 Å². The number of carbonyl (C=O) groups excluding carboxylic acids is 1. The number of hydrogen-bond acceptors (Lipinski definition) is 5. The van der Waals surface area contributed by atoms with Crippen molar-refractivity contribution in [2.75, 3.05) is 18.0 Å². The van der Waals surface area contributed by atoms with Crippen LogP contribution in [0.1, 0.15) is 23.2 Å². The van der Waals surface area contributed by atoms with Crippen LogP contribution in [0.5, 0.6) is 0 Å². The molecule has 0 aliphatic carbocycles. The molecule has 1 amide bonds. The predicted molar refractivity (Wildman–Crippen MR) is 129 cm³/mol. The number of nitrogens with zero attached hydrogens (tertiary/aromatic N) is 5. The summed E-state index contributed by atoms with van der Waals surface area (Å²) < 4.78 is 1.74. The van der Waals surface area contributed by atoms with Crippen LogP contribution in [0.4, 0.5) is 5.95 Å². The van der Waals surface area contributed by atoms with E-state index in [1.165, 1.54) is 0 Å². The van der Waals surface area contributed by atoms with Gasteiger partial charge < -0.3 is 10.2 Å². The molecular formula is C25H23ClN6O. The molecule has 166 valence electrons. The van der Waals surface area contributed by atoms with Crippen molar-refractivity contribution < 1.29 is 4.79 Å². The number of rotatable bonds is 5. The second-order valence-electron chi connectivity index (χ2n) is 7.99. The number of benzene rings is 2. The molecule has 3 heterocycles. The molecule has 5 rings (SSSR count). The number of amides is 1. The Bertz CT molecular complexity index is 1230. The van der Waals surface area contributed by atoms with Crippen molar-refractivity contribution in [3.63, 3.8) is 0 Å². The van der Waals surface area contributed by atoms with E-state index in [0.717, 1.165) is 30.6 Å². The Labute approximate surface area is 197 Å². The molecule has 7 nitrogen and oxygen atoms in total. The number of aromatic nitrogens is 4. The highest BCUT2D eigenvalue weighted by atomic mass is 35.5. The zero-order chi connectivity index (χ0) is 22.6. The van der Waals surface area contributed by atoms with Crippen LogP contribution in [0.2, 0.25) is 5.02 Å². The molecule has 1 aliphatic rings. The first-order valence-corrected chi connectivity index (χ1v) is 11.3. The third-order valence-electron chi connectivity index (χ3n) is 5.69. The molecule has 8 heteroatoms. The number of nitrogens with one attached hydrogen (secondary N) is 1. The van der Waals surface area contributed by atoms with Gasteiger partial charge in [-0.2, -0.15) is 5.10 Å². The minimum Gasteiger partial charge on any atom is -0.347 e. The van der Waals surface area contributed by atoms with E-state index < -0.39 is 0 Å². The predicted octanol–water partition coefficient (Wildman–Crippen LogP) is 4.38. The van der Waals surface area contributed by atoms with E-state index in [2.05, 4.69) is 20.2 Å². The highest BCUT2D eigenvalue weighted by Crippen LogP contribution is 2.26. The zero-order valence-corrected chi connectivity index (χ0v) is 18.7. The summed E-state index contributed by atoms with van der Waals surface area (Å²) in [7, 11) is 0. The molecule has 2 aromatic heterocycles. The molecule has 4 aromatic rings. The second-order valence-corrected chi connectivity index (χ2v) is 8.42. The fraction of sp³-hybridized carbons (Fsp3) is 0.200. The normalized spacial score (nSPS) is 15.9. The van der Waals surface area contributed by atoms with Gasteiger partial charge in [0, 0.05) is 48.3 Å². The van der Waals surface area contributed by atoms with Gasteiger partial charge in [-0.15, -0.1) is 0 Å². The lowest BCUT2D eigenvalue weighted by molar-refractivity contribution is 0.0933. The summed E-state index contributed by atoms with van der Waals surface area (Å²) in [5.74, 6) is 0.540. The smallest absolute Gasteiger partial charge is 0.255 e. The summed E-state index contributed by atoms with van der Waals surface area (Å²) in [6, 6.07) is 18.9. The second kappa shape index (κ2) is 9.42. The van der Waals surface area contributed by atoms with Gasteiger partial charge in [-0.05, 0) is 43.2 Å². The van der Waals surface area contributed by atoms with Crippen molar-refractivity contribution >= 4 is 23.5 Å². The highest BCUT2D eigenvalue weighted by molar-refractivity contribution is 6.30. The Hall–Kier alpha value is -3.71. The van der Waals surface area contributed by atoms with Crippen LogP contribution in [-0.4, -0.2) is 44.8 Å². The average molecular weight is 459 g/mol. The quantitative estimate of drug-likeness (QED) is 0.480. The Morgan fingerprint density at radius 3 is 2.52 bits per heavy atom. The van der Waals surface area contributed by atoms with Crippen molar-refractivity contribution in [1.29, 1.82) is 0 Å². The van der Waals surface area contributed by atoms with Gasteiger partial charge >= 0.3 is 0 Å². The molecule has 1 fully saturated rings. The van der Waals surface area contributed by atoms with Gasteiger partial charge in [-0.1, -0.05) is 41.9 Å². The average Bonchev–Trinajstić information content (AvgIpc) is 3.32. The molecule has 0 saturated carbocycles. The van der Waals surface area contributed by atoms with Crippen molar-refractivity contribution in [2.24, 2.45) is 0 Å². The lowest BCUT2D eigenvalue weighted by Gasteiger charge is -2.33. The molecule has 0 spiro atoms. The van der Waals surface area contributed by atoms with E-state index in [4.69, 9.17) is 16.7 Å². The largest absolute Gasteiger partial charge is 0.347 e. The molecule has 2 aromatic carbocycles. The number of carbonyl (C=O) groups is 1. The Morgan fingerprint density at radius 1 is 1.00 bits per heavy atom. The number of piperidine rings is 1. The van der Waals surface area contributed by atoms with Crippen LogP contribution in [0, 0.1) is 0 Å². The van der Waals surface area contributed by atoms with E-state index in [9.17, 15) is 4.79 Å². The van der Waals surface area contributed by atoms with E-state index in [1.54, 1.807) is 41.5 Å². The van der Waals surface area contributed by atoms with E-state index in [0.29, 0.717) is 28.8 Å². The summed E-state index contributed by atoms with van der Waals surface area (Å²) in [6.45, 7) is 1.54. The fourth-order valence-corrected chi connectivity index (χ4v) is 4.19. The van der Waals surface area contributed by atoms with Crippen molar-refractivity contribution in [1.82, 2.24) is 25.1 Å². The molecule has 1 N–H and O–H groups in total. The SMILES string of the molecule is O=C(NC1CCCN(c2ncccn2)C1)c1cn(-c2ccccc2)nc1-c1ccc(Cl)cc1. The maximum atomic E-state index is 13.4. The first-order valence-electron chi connectivity index (χ1n) is 10.9. The maximum Gasteiger partial charge on any atom is 0.255 e. The highest BCUT2D eigenvalue weighted by Gasteiger charge is 2.26. The third-order valence-corrected chi connectivity index (χ3v) is 5.94. The standard InChI is InChI=1S/C25H23ClN6O/c26-19-11-9-18(10-12-19)23-22(17-32(30-23)21-7-2-1-3-8-21)24(33)29-20-6-4-15-31(16-20)25-27-13-5-14-28-25/h1-3,5,7-14,17,20H,4,6,15-16H2,(H,29,33). The van der Waals surface area contributed by atoms with Gasteiger partial charge in [-0.3, -0.25) is 4.79 Å². The van der Waals surface area contributed by atoms with Gasteiger partial charge in [0.25, 0.3) is 5.91 Å². The molecule has 1 saturated heterocycles. The van der Waals surface area contributed by atoms with Crippen molar-refractivity contribution in [3.8, 4) is 16.9 Å². The Morgan fingerprint density at radius 2 is 1.76 bits per heavy atom. The van der Waals surface area contributed by atoms with E-state index in [1.807, 2.05) is 42.5 Å².